The molecule has 0 unspecified atom stereocenters. The number of hydrogen-bond donors (Lipinski definition) is 2. The lowest BCUT2D eigenvalue weighted by molar-refractivity contribution is 0.163. The molecule has 1 fully saturated rings. The molecule has 4 nitrogen and oxygen atoms in total. The first-order valence-corrected chi connectivity index (χ1v) is 7.02. The molecule has 1 aromatic carbocycles. The molecule has 1 aliphatic rings. The van der Waals surface area contributed by atoms with E-state index in [0.29, 0.717) is 11.6 Å². The summed E-state index contributed by atoms with van der Waals surface area (Å²) in [6.45, 7) is 0.370. The number of nitrogens with one attached hydrogen (secondary N) is 1. The summed E-state index contributed by atoms with van der Waals surface area (Å²) in [7, 11) is 0. The minimum atomic E-state index is -0.150. The molecule has 1 aliphatic carbocycles. The van der Waals surface area contributed by atoms with Crippen LogP contribution in [0.5, 0.6) is 0 Å². The maximum absolute atomic E-state index is 12.2. The zero-order valence-corrected chi connectivity index (χ0v) is 11.6. The van der Waals surface area contributed by atoms with Gasteiger partial charge in [-0.25, -0.2) is 4.79 Å². The van der Waals surface area contributed by atoms with Crippen LogP contribution in [0.3, 0.4) is 0 Å². The minimum Gasteiger partial charge on any atom is -0.395 e. The molecule has 0 radical (unpaired) electrons. The first kappa shape index (κ1) is 14.2. The number of benzene rings is 1. The number of carbonyl (C=O) groups is 1. The van der Waals surface area contributed by atoms with Gasteiger partial charge in [-0.3, -0.25) is 0 Å². The fourth-order valence-electron chi connectivity index (χ4n) is 2.50. The van der Waals surface area contributed by atoms with Crippen LogP contribution in [0.15, 0.2) is 24.3 Å². The fourth-order valence-corrected chi connectivity index (χ4v) is 2.63. The Labute approximate surface area is 118 Å². The van der Waals surface area contributed by atoms with Crippen LogP contribution in [-0.4, -0.2) is 35.2 Å². The first-order chi connectivity index (χ1) is 9.20. The van der Waals surface area contributed by atoms with Crippen molar-refractivity contribution in [3.63, 3.8) is 0 Å². The predicted octanol–water partition coefficient (Wildman–Crippen LogP) is 3.11. The quantitative estimate of drug-likeness (QED) is 0.891. The van der Waals surface area contributed by atoms with Crippen molar-refractivity contribution >= 4 is 23.3 Å². The maximum Gasteiger partial charge on any atom is 0.322 e. The molecule has 1 saturated carbocycles. The molecule has 0 saturated heterocycles. The van der Waals surface area contributed by atoms with Gasteiger partial charge in [-0.15, -0.1) is 0 Å². The van der Waals surface area contributed by atoms with Crippen LogP contribution in [0.2, 0.25) is 5.02 Å². The van der Waals surface area contributed by atoms with Crippen LogP contribution < -0.4 is 5.32 Å². The summed E-state index contributed by atoms with van der Waals surface area (Å²) in [4.78, 5) is 14.0. The number of amides is 2. The number of anilines is 1. The van der Waals surface area contributed by atoms with Gasteiger partial charge < -0.3 is 15.3 Å². The molecule has 0 heterocycles. The summed E-state index contributed by atoms with van der Waals surface area (Å²) in [6.07, 6.45) is 4.35. The predicted molar refractivity (Wildman–Crippen MR) is 76.5 cm³/mol. The largest absolute Gasteiger partial charge is 0.395 e. The number of urea groups is 1. The van der Waals surface area contributed by atoms with Crippen molar-refractivity contribution in [2.24, 2.45) is 0 Å². The van der Waals surface area contributed by atoms with Crippen molar-refractivity contribution in [2.45, 2.75) is 31.7 Å². The number of aliphatic hydroxyl groups is 1. The Morgan fingerprint density at radius 3 is 2.53 bits per heavy atom. The third-order valence-electron chi connectivity index (χ3n) is 3.46. The van der Waals surface area contributed by atoms with Gasteiger partial charge in [-0.05, 0) is 37.1 Å². The number of halogens is 1. The molecule has 104 valence electrons. The van der Waals surface area contributed by atoms with Crippen molar-refractivity contribution in [3.05, 3.63) is 29.3 Å². The van der Waals surface area contributed by atoms with Gasteiger partial charge in [0.05, 0.1) is 6.61 Å². The van der Waals surface area contributed by atoms with E-state index in [1.54, 1.807) is 29.2 Å². The molecule has 0 aromatic heterocycles. The molecule has 2 amide bonds. The number of rotatable bonds is 4. The van der Waals surface area contributed by atoms with Crippen LogP contribution in [0.4, 0.5) is 10.5 Å². The van der Waals surface area contributed by atoms with Crippen LogP contribution in [0.1, 0.15) is 25.7 Å². The fraction of sp³-hybridized carbons (Fsp3) is 0.500. The Kier molecular flexibility index (Phi) is 5.05. The highest BCUT2D eigenvalue weighted by Crippen LogP contribution is 2.24. The molecule has 0 aliphatic heterocycles. The average Bonchev–Trinajstić information content (AvgIpc) is 2.92. The lowest BCUT2D eigenvalue weighted by atomic mass is 10.2. The van der Waals surface area contributed by atoms with E-state index in [0.717, 1.165) is 31.4 Å². The summed E-state index contributed by atoms with van der Waals surface area (Å²) >= 11 is 5.81. The summed E-state index contributed by atoms with van der Waals surface area (Å²) in [6, 6.07) is 7.12. The van der Waals surface area contributed by atoms with Gasteiger partial charge in [-0.2, -0.15) is 0 Å². The lowest BCUT2D eigenvalue weighted by Gasteiger charge is -2.28. The third-order valence-corrected chi connectivity index (χ3v) is 3.71. The molecular weight excluding hydrogens is 264 g/mol. The van der Waals surface area contributed by atoms with Gasteiger partial charge in [0.15, 0.2) is 0 Å². The zero-order chi connectivity index (χ0) is 13.7. The Morgan fingerprint density at radius 1 is 1.32 bits per heavy atom. The van der Waals surface area contributed by atoms with Crippen LogP contribution >= 0.6 is 11.6 Å². The molecule has 2 N–H and O–H groups in total. The Morgan fingerprint density at radius 2 is 1.95 bits per heavy atom. The van der Waals surface area contributed by atoms with Gasteiger partial charge in [0.2, 0.25) is 0 Å². The Hall–Kier alpha value is -1.26. The van der Waals surface area contributed by atoms with Crippen LogP contribution in [-0.2, 0) is 0 Å². The molecule has 19 heavy (non-hydrogen) atoms. The third kappa shape index (κ3) is 3.85. The van der Waals surface area contributed by atoms with E-state index in [1.165, 1.54) is 0 Å². The summed E-state index contributed by atoms with van der Waals surface area (Å²) in [5.41, 5.74) is 0.718. The Balaban J connectivity index is 2.00. The standard InChI is InChI=1S/C14H19ClN2O2/c15-11-5-7-12(8-6-11)16-14(19)17(9-10-18)13-3-1-2-4-13/h5-8,13,18H,1-4,9-10H2,(H,16,19). The van der Waals surface area contributed by atoms with Gasteiger partial charge in [0.25, 0.3) is 0 Å². The highest BCUT2D eigenvalue weighted by atomic mass is 35.5. The van der Waals surface area contributed by atoms with Crippen molar-refractivity contribution in [3.8, 4) is 0 Å². The second-order valence-electron chi connectivity index (χ2n) is 4.79. The van der Waals surface area contributed by atoms with E-state index in [-0.39, 0.29) is 18.7 Å². The number of aliphatic hydroxyl groups excluding tert-OH is 1. The molecule has 0 spiro atoms. The minimum absolute atomic E-state index is 0.00939. The highest BCUT2D eigenvalue weighted by molar-refractivity contribution is 6.30. The molecule has 5 heteroatoms. The number of nitrogens with zero attached hydrogens (tertiary/aromatic N) is 1. The molecular formula is C14H19ClN2O2. The first-order valence-electron chi connectivity index (χ1n) is 6.65. The second kappa shape index (κ2) is 6.78. The molecule has 2 rings (SSSR count). The molecule has 0 bridgehead atoms. The number of hydrogen-bond acceptors (Lipinski definition) is 2. The van der Waals surface area contributed by atoms with Crippen molar-refractivity contribution in [1.29, 1.82) is 0 Å². The summed E-state index contributed by atoms with van der Waals surface area (Å²) in [5.74, 6) is 0. The normalized spacial score (nSPS) is 15.5. The second-order valence-corrected chi connectivity index (χ2v) is 5.23. The van der Waals surface area contributed by atoms with E-state index < -0.39 is 0 Å². The zero-order valence-electron chi connectivity index (χ0n) is 10.8. The van der Waals surface area contributed by atoms with E-state index in [9.17, 15) is 4.79 Å². The van der Waals surface area contributed by atoms with Crippen LogP contribution in [0.25, 0.3) is 0 Å². The average molecular weight is 283 g/mol. The SMILES string of the molecule is O=C(Nc1ccc(Cl)cc1)N(CCO)C1CCCC1. The summed E-state index contributed by atoms with van der Waals surface area (Å²) in [5, 5.41) is 12.6. The van der Waals surface area contributed by atoms with Gasteiger partial charge in [-0.1, -0.05) is 24.4 Å². The lowest BCUT2D eigenvalue weighted by Crippen LogP contribution is -2.43. The smallest absolute Gasteiger partial charge is 0.322 e. The van der Waals surface area contributed by atoms with Crippen molar-refractivity contribution in [2.75, 3.05) is 18.5 Å². The summed E-state index contributed by atoms with van der Waals surface area (Å²) < 4.78 is 0. The van der Waals surface area contributed by atoms with Gasteiger partial charge in [0, 0.05) is 23.3 Å². The van der Waals surface area contributed by atoms with E-state index in [1.807, 2.05) is 0 Å². The maximum atomic E-state index is 12.2. The van der Waals surface area contributed by atoms with E-state index in [2.05, 4.69) is 5.32 Å². The van der Waals surface area contributed by atoms with Gasteiger partial charge in [0.1, 0.15) is 0 Å². The van der Waals surface area contributed by atoms with Crippen molar-refractivity contribution < 1.29 is 9.90 Å². The molecule has 0 atom stereocenters. The topological polar surface area (TPSA) is 52.6 Å². The van der Waals surface area contributed by atoms with Gasteiger partial charge >= 0.3 is 6.03 Å². The molecule has 1 aromatic rings. The number of carbonyl (C=O) groups excluding carboxylic acids is 1. The monoisotopic (exact) mass is 282 g/mol. The van der Waals surface area contributed by atoms with E-state index in [4.69, 9.17) is 16.7 Å². The van der Waals surface area contributed by atoms with Crippen molar-refractivity contribution in [1.82, 2.24) is 4.90 Å². The Bertz CT molecular complexity index is 416. The highest BCUT2D eigenvalue weighted by Gasteiger charge is 2.26. The van der Waals surface area contributed by atoms with Crippen LogP contribution in [0, 0.1) is 0 Å². The van der Waals surface area contributed by atoms with E-state index >= 15 is 0 Å².